The predicted octanol–water partition coefficient (Wildman–Crippen LogP) is 2.84. The standard InChI is InChI=1S/C12H22N4S.HI/c1-5-7-14-12(13-6-2)15-8-11-16-9(3)10(4)17-11;/h5-8H2,1-4H3,(H2,13,14,15);1H. The summed E-state index contributed by atoms with van der Waals surface area (Å²) in [5.41, 5.74) is 1.12. The summed E-state index contributed by atoms with van der Waals surface area (Å²) in [7, 11) is 0. The number of aromatic nitrogens is 1. The van der Waals surface area contributed by atoms with Gasteiger partial charge in [-0.1, -0.05) is 6.92 Å². The number of aliphatic imine (C=N–C) groups is 1. The van der Waals surface area contributed by atoms with Gasteiger partial charge in [0.05, 0.1) is 12.2 Å². The van der Waals surface area contributed by atoms with Crippen LogP contribution in [0.5, 0.6) is 0 Å². The highest BCUT2D eigenvalue weighted by atomic mass is 127. The molecule has 1 aromatic heterocycles. The van der Waals surface area contributed by atoms with E-state index in [4.69, 9.17) is 0 Å². The maximum absolute atomic E-state index is 4.52. The van der Waals surface area contributed by atoms with Crippen molar-refractivity contribution in [3.05, 3.63) is 15.6 Å². The summed E-state index contributed by atoms with van der Waals surface area (Å²) in [6.45, 7) is 10.8. The molecule has 1 rings (SSSR count). The Labute approximate surface area is 131 Å². The lowest BCUT2D eigenvalue weighted by Crippen LogP contribution is -2.37. The van der Waals surface area contributed by atoms with Crippen LogP contribution in [0.2, 0.25) is 0 Å². The van der Waals surface area contributed by atoms with Crippen LogP contribution in [0.25, 0.3) is 0 Å². The van der Waals surface area contributed by atoms with Crippen LogP contribution >= 0.6 is 35.3 Å². The molecular formula is C12H23IN4S. The fraction of sp³-hybridized carbons (Fsp3) is 0.667. The number of hydrogen-bond acceptors (Lipinski definition) is 3. The van der Waals surface area contributed by atoms with Crippen molar-refractivity contribution in [2.75, 3.05) is 13.1 Å². The Bertz CT molecular complexity index is 357. The second-order valence-corrected chi connectivity index (χ2v) is 5.16. The largest absolute Gasteiger partial charge is 0.357 e. The summed E-state index contributed by atoms with van der Waals surface area (Å²) >= 11 is 1.72. The second-order valence-electron chi connectivity index (χ2n) is 3.87. The molecule has 104 valence electrons. The third-order valence-electron chi connectivity index (χ3n) is 2.33. The number of halogens is 1. The average molecular weight is 382 g/mol. The minimum atomic E-state index is 0. The van der Waals surface area contributed by atoms with Crippen molar-refractivity contribution in [1.29, 1.82) is 0 Å². The van der Waals surface area contributed by atoms with Crippen molar-refractivity contribution < 1.29 is 0 Å². The summed E-state index contributed by atoms with van der Waals surface area (Å²) in [6, 6.07) is 0. The fourth-order valence-corrected chi connectivity index (χ4v) is 2.20. The van der Waals surface area contributed by atoms with Gasteiger partial charge in [-0.15, -0.1) is 35.3 Å². The maximum atomic E-state index is 4.52. The van der Waals surface area contributed by atoms with Crippen LogP contribution < -0.4 is 10.6 Å². The first-order chi connectivity index (χ1) is 8.17. The van der Waals surface area contributed by atoms with E-state index in [1.165, 1.54) is 4.88 Å². The zero-order chi connectivity index (χ0) is 12.7. The zero-order valence-corrected chi connectivity index (χ0v) is 14.7. The molecule has 0 atom stereocenters. The van der Waals surface area contributed by atoms with Gasteiger partial charge in [-0.3, -0.25) is 0 Å². The summed E-state index contributed by atoms with van der Waals surface area (Å²) < 4.78 is 0. The summed E-state index contributed by atoms with van der Waals surface area (Å²) in [6.07, 6.45) is 1.10. The maximum Gasteiger partial charge on any atom is 0.191 e. The molecular weight excluding hydrogens is 359 g/mol. The van der Waals surface area contributed by atoms with Gasteiger partial charge >= 0.3 is 0 Å². The molecule has 18 heavy (non-hydrogen) atoms. The lowest BCUT2D eigenvalue weighted by molar-refractivity contribution is 0.784. The molecule has 0 saturated carbocycles. The van der Waals surface area contributed by atoms with E-state index in [0.717, 1.165) is 36.2 Å². The molecule has 0 amide bonds. The molecule has 6 heteroatoms. The lowest BCUT2D eigenvalue weighted by Gasteiger charge is -2.09. The van der Waals surface area contributed by atoms with Gasteiger partial charge in [-0.25, -0.2) is 9.98 Å². The lowest BCUT2D eigenvalue weighted by atomic mass is 10.4. The quantitative estimate of drug-likeness (QED) is 0.468. The molecule has 2 N–H and O–H groups in total. The normalized spacial score (nSPS) is 11.0. The summed E-state index contributed by atoms with van der Waals surface area (Å²) in [5.74, 6) is 0.875. The third kappa shape index (κ3) is 5.99. The van der Waals surface area contributed by atoms with Crippen LogP contribution in [0.4, 0.5) is 0 Å². The molecule has 0 radical (unpaired) electrons. The van der Waals surface area contributed by atoms with Gasteiger partial charge in [0.1, 0.15) is 5.01 Å². The SMILES string of the molecule is CCCNC(=NCc1nc(C)c(C)s1)NCC.I. The van der Waals surface area contributed by atoms with E-state index in [9.17, 15) is 0 Å². The van der Waals surface area contributed by atoms with Crippen LogP contribution in [0.3, 0.4) is 0 Å². The molecule has 0 aliphatic rings. The van der Waals surface area contributed by atoms with E-state index in [2.05, 4.69) is 41.4 Å². The van der Waals surface area contributed by atoms with E-state index in [0.29, 0.717) is 6.54 Å². The molecule has 0 aliphatic carbocycles. The number of hydrogen-bond donors (Lipinski definition) is 2. The first-order valence-corrected chi connectivity index (χ1v) is 6.94. The molecule has 0 aliphatic heterocycles. The monoisotopic (exact) mass is 382 g/mol. The zero-order valence-electron chi connectivity index (χ0n) is 11.5. The van der Waals surface area contributed by atoms with Crippen LogP contribution in [-0.4, -0.2) is 24.0 Å². The number of nitrogens with one attached hydrogen (secondary N) is 2. The molecule has 0 saturated heterocycles. The molecule has 0 fully saturated rings. The predicted molar refractivity (Wildman–Crippen MR) is 90.1 cm³/mol. The van der Waals surface area contributed by atoms with E-state index in [1.54, 1.807) is 11.3 Å². The molecule has 1 aromatic rings. The van der Waals surface area contributed by atoms with E-state index in [1.807, 2.05) is 6.92 Å². The molecule has 0 bridgehead atoms. The molecule has 1 heterocycles. The van der Waals surface area contributed by atoms with Gasteiger partial charge in [0, 0.05) is 18.0 Å². The van der Waals surface area contributed by atoms with Gasteiger partial charge in [0.25, 0.3) is 0 Å². The third-order valence-corrected chi connectivity index (χ3v) is 3.39. The Morgan fingerprint density at radius 2 is 2.00 bits per heavy atom. The number of aryl methyl sites for hydroxylation is 2. The van der Waals surface area contributed by atoms with E-state index < -0.39 is 0 Å². The first kappa shape index (κ1) is 17.6. The van der Waals surface area contributed by atoms with Gasteiger partial charge in [0.2, 0.25) is 0 Å². The van der Waals surface area contributed by atoms with Crippen molar-refractivity contribution in [2.24, 2.45) is 4.99 Å². The van der Waals surface area contributed by atoms with Crippen molar-refractivity contribution in [2.45, 2.75) is 40.7 Å². The Morgan fingerprint density at radius 1 is 1.28 bits per heavy atom. The highest BCUT2D eigenvalue weighted by molar-refractivity contribution is 14.0. The number of guanidine groups is 1. The Kier molecular flexibility index (Phi) is 9.35. The van der Waals surface area contributed by atoms with E-state index >= 15 is 0 Å². The highest BCUT2D eigenvalue weighted by Gasteiger charge is 2.03. The molecule has 4 nitrogen and oxygen atoms in total. The Balaban J connectivity index is 0.00000289. The van der Waals surface area contributed by atoms with Crippen molar-refractivity contribution in [3.8, 4) is 0 Å². The fourth-order valence-electron chi connectivity index (χ4n) is 1.34. The Hall–Kier alpha value is -0.370. The minimum absolute atomic E-state index is 0. The van der Waals surface area contributed by atoms with Crippen molar-refractivity contribution in [3.63, 3.8) is 0 Å². The second kappa shape index (κ2) is 9.55. The summed E-state index contributed by atoms with van der Waals surface area (Å²) in [4.78, 5) is 10.3. The molecule has 0 unspecified atom stereocenters. The summed E-state index contributed by atoms with van der Waals surface area (Å²) in [5, 5.41) is 7.58. The van der Waals surface area contributed by atoms with Gasteiger partial charge in [0.15, 0.2) is 5.96 Å². The first-order valence-electron chi connectivity index (χ1n) is 6.12. The van der Waals surface area contributed by atoms with Crippen molar-refractivity contribution in [1.82, 2.24) is 15.6 Å². The number of thiazole rings is 1. The van der Waals surface area contributed by atoms with Gasteiger partial charge in [-0.2, -0.15) is 0 Å². The van der Waals surface area contributed by atoms with Gasteiger partial charge in [-0.05, 0) is 27.2 Å². The molecule has 0 aromatic carbocycles. The number of nitrogens with zero attached hydrogens (tertiary/aromatic N) is 2. The van der Waals surface area contributed by atoms with Crippen molar-refractivity contribution >= 4 is 41.3 Å². The molecule has 0 spiro atoms. The smallest absolute Gasteiger partial charge is 0.191 e. The van der Waals surface area contributed by atoms with Crippen LogP contribution in [-0.2, 0) is 6.54 Å². The Morgan fingerprint density at radius 3 is 2.50 bits per heavy atom. The number of rotatable bonds is 5. The van der Waals surface area contributed by atoms with Crippen LogP contribution in [0.15, 0.2) is 4.99 Å². The van der Waals surface area contributed by atoms with Gasteiger partial charge < -0.3 is 10.6 Å². The minimum Gasteiger partial charge on any atom is -0.357 e. The topological polar surface area (TPSA) is 49.3 Å². The van der Waals surface area contributed by atoms with E-state index in [-0.39, 0.29) is 24.0 Å². The van der Waals surface area contributed by atoms with Crippen LogP contribution in [0.1, 0.15) is 35.8 Å². The van der Waals surface area contributed by atoms with Crippen LogP contribution in [0, 0.1) is 13.8 Å². The highest BCUT2D eigenvalue weighted by Crippen LogP contribution is 2.16. The average Bonchev–Trinajstić information content (AvgIpc) is 2.62.